The Morgan fingerprint density at radius 3 is 3.18 bits per heavy atom. The zero-order valence-corrected chi connectivity index (χ0v) is 11.1. The lowest BCUT2D eigenvalue weighted by molar-refractivity contribution is 0.353. The fourth-order valence-corrected chi connectivity index (χ4v) is 1.88. The summed E-state index contributed by atoms with van der Waals surface area (Å²) in [7, 11) is 0. The van der Waals surface area contributed by atoms with Crippen molar-refractivity contribution in [3.63, 3.8) is 0 Å². The van der Waals surface area contributed by atoms with Crippen molar-refractivity contribution in [3.8, 4) is 5.75 Å². The third kappa shape index (κ3) is 2.77. The first-order valence-electron chi connectivity index (χ1n) is 5.27. The van der Waals surface area contributed by atoms with Gasteiger partial charge in [0.1, 0.15) is 12.4 Å². The maximum Gasteiger partial charge on any atom is 0.138 e. The lowest BCUT2D eigenvalue weighted by Crippen LogP contribution is -1.99. The number of pyridine rings is 1. The Morgan fingerprint density at radius 1 is 1.59 bits per heavy atom. The molecule has 2 heterocycles. The Morgan fingerprint density at radius 2 is 2.41 bits per heavy atom. The second-order valence-corrected chi connectivity index (χ2v) is 4.49. The zero-order valence-electron chi connectivity index (χ0n) is 9.56. The van der Waals surface area contributed by atoms with Gasteiger partial charge in [-0.15, -0.1) is 0 Å². The number of aromatic nitrogens is 2. The summed E-state index contributed by atoms with van der Waals surface area (Å²) in [5, 5.41) is 4.20. The van der Waals surface area contributed by atoms with Crippen molar-refractivity contribution < 1.29 is 4.74 Å². The highest BCUT2D eigenvalue weighted by Gasteiger charge is 2.02. The highest BCUT2D eigenvalue weighted by Crippen LogP contribution is 2.20. The summed E-state index contributed by atoms with van der Waals surface area (Å²) in [5.74, 6) is 0.777. The van der Waals surface area contributed by atoms with Gasteiger partial charge in [-0.25, -0.2) is 4.52 Å². The third-order valence-electron chi connectivity index (χ3n) is 2.27. The minimum Gasteiger partial charge on any atom is -0.487 e. The number of hydrogen-bond acceptors (Lipinski definition) is 2. The fraction of sp³-hybridized carbons (Fsp3) is 0.154. The molecule has 0 unspecified atom stereocenters. The van der Waals surface area contributed by atoms with E-state index in [1.807, 2.05) is 37.4 Å². The summed E-state index contributed by atoms with van der Waals surface area (Å²) < 4.78 is 8.36. The van der Waals surface area contributed by atoms with E-state index in [-0.39, 0.29) is 0 Å². The van der Waals surface area contributed by atoms with Crippen molar-refractivity contribution in [2.75, 3.05) is 6.61 Å². The highest BCUT2D eigenvalue weighted by atomic mass is 79.9. The van der Waals surface area contributed by atoms with Crippen LogP contribution in [-0.4, -0.2) is 16.2 Å². The number of halogens is 1. The SMILES string of the molecule is C=C(/C=C\C)COc1ccc2c(Br)cnn2c1. The summed E-state index contributed by atoms with van der Waals surface area (Å²) in [6, 6.07) is 3.88. The van der Waals surface area contributed by atoms with E-state index in [9.17, 15) is 0 Å². The molecule has 2 aromatic heterocycles. The van der Waals surface area contributed by atoms with Gasteiger partial charge >= 0.3 is 0 Å². The molecule has 0 saturated heterocycles. The van der Waals surface area contributed by atoms with Crippen LogP contribution < -0.4 is 4.74 Å². The normalized spacial score (nSPS) is 11.2. The Labute approximate surface area is 109 Å². The molecule has 0 atom stereocenters. The molecule has 88 valence electrons. The van der Waals surface area contributed by atoms with Crippen LogP contribution >= 0.6 is 15.9 Å². The summed E-state index contributed by atoms with van der Waals surface area (Å²) in [4.78, 5) is 0. The van der Waals surface area contributed by atoms with Crippen LogP contribution in [0.4, 0.5) is 0 Å². The molecule has 0 aliphatic heterocycles. The molecule has 4 heteroatoms. The molecule has 0 saturated carbocycles. The molecule has 0 amide bonds. The van der Waals surface area contributed by atoms with E-state index in [1.165, 1.54) is 0 Å². The van der Waals surface area contributed by atoms with Gasteiger partial charge in [0.2, 0.25) is 0 Å². The fourth-order valence-electron chi connectivity index (χ4n) is 1.48. The molecule has 0 aliphatic carbocycles. The van der Waals surface area contributed by atoms with Gasteiger partial charge in [0.25, 0.3) is 0 Å². The highest BCUT2D eigenvalue weighted by molar-refractivity contribution is 9.10. The first-order valence-corrected chi connectivity index (χ1v) is 6.06. The van der Waals surface area contributed by atoms with Gasteiger partial charge in [0, 0.05) is 0 Å². The summed E-state index contributed by atoms with van der Waals surface area (Å²) in [5.41, 5.74) is 1.96. The first-order chi connectivity index (χ1) is 8.20. The van der Waals surface area contributed by atoms with E-state index in [0.717, 1.165) is 21.3 Å². The number of nitrogens with zero attached hydrogens (tertiary/aromatic N) is 2. The van der Waals surface area contributed by atoms with E-state index < -0.39 is 0 Å². The Hall–Kier alpha value is -1.55. The Bertz CT molecular complexity index is 572. The van der Waals surface area contributed by atoms with Crippen molar-refractivity contribution in [2.24, 2.45) is 0 Å². The van der Waals surface area contributed by atoms with Gasteiger partial charge in [-0.3, -0.25) is 0 Å². The van der Waals surface area contributed by atoms with Crippen molar-refractivity contribution >= 4 is 21.4 Å². The van der Waals surface area contributed by atoms with Crippen LogP contribution in [0.3, 0.4) is 0 Å². The van der Waals surface area contributed by atoms with Crippen LogP contribution in [-0.2, 0) is 0 Å². The van der Waals surface area contributed by atoms with Gasteiger partial charge < -0.3 is 4.74 Å². The van der Waals surface area contributed by atoms with Gasteiger partial charge in [0.15, 0.2) is 0 Å². The summed E-state index contributed by atoms with van der Waals surface area (Å²) >= 11 is 3.43. The van der Waals surface area contributed by atoms with Crippen LogP contribution in [0.1, 0.15) is 6.92 Å². The predicted molar refractivity (Wildman–Crippen MR) is 72.3 cm³/mol. The van der Waals surface area contributed by atoms with E-state index in [4.69, 9.17) is 4.74 Å². The number of hydrogen-bond donors (Lipinski definition) is 0. The number of ether oxygens (including phenoxy) is 1. The molecular formula is C13H13BrN2O. The molecule has 0 aliphatic rings. The molecule has 2 rings (SSSR count). The van der Waals surface area contributed by atoms with Crippen LogP contribution in [0.2, 0.25) is 0 Å². The van der Waals surface area contributed by atoms with Crippen molar-refractivity contribution in [1.82, 2.24) is 9.61 Å². The van der Waals surface area contributed by atoms with Crippen molar-refractivity contribution in [2.45, 2.75) is 6.92 Å². The lowest BCUT2D eigenvalue weighted by atomic mass is 10.3. The number of fused-ring (bicyclic) bond motifs is 1. The Kier molecular flexibility index (Phi) is 3.64. The minimum absolute atomic E-state index is 0.484. The molecular weight excluding hydrogens is 280 g/mol. The second-order valence-electron chi connectivity index (χ2n) is 3.63. The van der Waals surface area contributed by atoms with Crippen LogP contribution in [0.25, 0.3) is 5.52 Å². The first kappa shape index (κ1) is 11.9. The van der Waals surface area contributed by atoms with E-state index in [0.29, 0.717) is 6.61 Å². The monoisotopic (exact) mass is 292 g/mol. The largest absolute Gasteiger partial charge is 0.487 e. The Balaban J connectivity index is 2.12. The maximum atomic E-state index is 5.61. The standard InChI is InChI=1S/C13H13BrN2O/c1-3-4-10(2)9-17-11-5-6-13-12(14)7-15-16(13)8-11/h3-8H,2,9H2,1H3/b4-3-. The molecule has 0 radical (unpaired) electrons. The van der Waals surface area contributed by atoms with Gasteiger partial charge in [0.05, 0.1) is 22.4 Å². The molecule has 17 heavy (non-hydrogen) atoms. The van der Waals surface area contributed by atoms with Crippen molar-refractivity contribution in [3.05, 3.63) is 53.3 Å². The zero-order chi connectivity index (χ0) is 12.3. The number of allylic oxidation sites excluding steroid dienone is 1. The van der Waals surface area contributed by atoms with Crippen LogP contribution in [0.5, 0.6) is 5.75 Å². The maximum absolute atomic E-state index is 5.61. The van der Waals surface area contributed by atoms with Gasteiger partial charge in [-0.05, 0) is 40.6 Å². The van der Waals surface area contributed by atoms with E-state index >= 15 is 0 Å². The van der Waals surface area contributed by atoms with Crippen LogP contribution in [0.15, 0.2) is 53.3 Å². The lowest BCUT2D eigenvalue weighted by Gasteiger charge is -2.06. The van der Waals surface area contributed by atoms with Gasteiger partial charge in [-0.1, -0.05) is 18.7 Å². The molecule has 0 fully saturated rings. The molecule has 0 aromatic carbocycles. The molecule has 0 N–H and O–H groups in total. The van der Waals surface area contributed by atoms with Crippen molar-refractivity contribution in [1.29, 1.82) is 0 Å². The summed E-state index contributed by atoms with van der Waals surface area (Å²) in [6.07, 6.45) is 7.49. The van der Waals surface area contributed by atoms with E-state index in [1.54, 1.807) is 10.7 Å². The topological polar surface area (TPSA) is 26.5 Å². The summed E-state index contributed by atoms with van der Waals surface area (Å²) in [6.45, 7) is 6.33. The quantitative estimate of drug-likeness (QED) is 0.805. The molecule has 0 spiro atoms. The minimum atomic E-state index is 0.484. The molecule has 3 nitrogen and oxygen atoms in total. The van der Waals surface area contributed by atoms with Crippen LogP contribution in [0, 0.1) is 0 Å². The molecule has 0 bridgehead atoms. The average Bonchev–Trinajstić information content (AvgIpc) is 2.69. The predicted octanol–water partition coefficient (Wildman–Crippen LogP) is 3.61. The smallest absolute Gasteiger partial charge is 0.138 e. The second kappa shape index (κ2) is 5.19. The van der Waals surface area contributed by atoms with Gasteiger partial charge in [-0.2, -0.15) is 5.10 Å². The average molecular weight is 293 g/mol. The molecule has 2 aromatic rings. The number of rotatable bonds is 4. The third-order valence-corrected chi connectivity index (χ3v) is 2.88. The van der Waals surface area contributed by atoms with E-state index in [2.05, 4.69) is 27.6 Å².